The maximum Gasteiger partial charge on any atom is 0.410 e. The van der Waals surface area contributed by atoms with Crippen LogP contribution < -0.4 is 4.74 Å². The molecule has 1 aromatic rings. The Morgan fingerprint density at radius 3 is 2.73 bits per heavy atom. The normalized spacial score (nSPS) is 23.2. The molecule has 1 saturated carbocycles. The van der Waals surface area contributed by atoms with Gasteiger partial charge in [0.2, 0.25) is 5.88 Å². The third kappa shape index (κ3) is 5.29. The van der Waals surface area contributed by atoms with Crippen molar-refractivity contribution in [2.45, 2.75) is 50.5 Å². The van der Waals surface area contributed by atoms with Crippen molar-refractivity contribution >= 4 is 17.9 Å². The highest BCUT2D eigenvalue weighted by Crippen LogP contribution is 2.49. The lowest BCUT2D eigenvalue weighted by Gasteiger charge is -2.32. The van der Waals surface area contributed by atoms with Gasteiger partial charge in [-0.3, -0.25) is 0 Å². The first kappa shape index (κ1) is 19.3. The summed E-state index contributed by atoms with van der Waals surface area (Å²) in [6.07, 6.45) is 8.33. The van der Waals surface area contributed by atoms with Gasteiger partial charge in [-0.25, -0.2) is 9.78 Å². The van der Waals surface area contributed by atoms with Gasteiger partial charge >= 0.3 is 6.09 Å². The number of thioether (sulfide) groups is 1. The van der Waals surface area contributed by atoms with E-state index in [0.29, 0.717) is 0 Å². The summed E-state index contributed by atoms with van der Waals surface area (Å²) in [7, 11) is 0. The number of carbonyl (C=O) groups is 1. The zero-order chi connectivity index (χ0) is 18.5. The minimum absolute atomic E-state index is 0.0422. The Labute approximate surface area is 160 Å². The first-order valence-corrected chi connectivity index (χ1v) is 10.9. The third-order valence-electron chi connectivity index (χ3n) is 5.40. The van der Waals surface area contributed by atoms with Crippen molar-refractivity contribution in [3.05, 3.63) is 18.3 Å². The van der Waals surface area contributed by atoms with Gasteiger partial charge in [0.05, 0.1) is 12.7 Å². The van der Waals surface area contributed by atoms with Gasteiger partial charge in [-0.05, 0) is 69.6 Å². The molecule has 1 aliphatic heterocycles. The number of hydrogen-bond donors (Lipinski definition) is 0. The molecule has 26 heavy (non-hydrogen) atoms. The van der Waals surface area contributed by atoms with Gasteiger partial charge in [-0.2, -0.15) is 0 Å². The Morgan fingerprint density at radius 1 is 1.35 bits per heavy atom. The Bertz CT molecular complexity index is 585. The Hall–Kier alpha value is -1.43. The summed E-state index contributed by atoms with van der Waals surface area (Å²) < 4.78 is 11.1. The number of carbonyl (C=O) groups excluding carboxylic acids is 1. The zero-order valence-corrected chi connectivity index (χ0v) is 16.8. The summed E-state index contributed by atoms with van der Waals surface area (Å²) >= 11 is 1.69. The van der Waals surface area contributed by atoms with Crippen molar-refractivity contribution < 1.29 is 14.3 Å². The monoisotopic (exact) mass is 378 g/mol. The highest BCUT2D eigenvalue weighted by molar-refractivity contribution is 7.98. The average Bonchev–Trinajstić information content (AvgIpc) is 3.41. The fourth-order valence-corrected chi connectivity index (χ4v) is 4.22. The van der Waals surface area contributed by atoms with Crippen LogP contribution in [0.4, 0.5) is 4.79 Å². The standard InChI is InChI=1S/C20H30N2O3S/c1-14(2)25-20(23)22-9-6-15(7-10-22)18-12-16(18)8-11-24-19-5-4-17(26-3)13-21-19/h4-5,13-16,18H,6-12H2,1-3H3. The van der Waals surface area contributed by atoms with Crippen LogP contribution in [0, 0.1) is 17.8 Å². The van der Waals surface area contributed by atoms with Crippen LogP contribution in [-0.2, 0) is 4.74 Å². The van der Waals surface area contributed by atoms with Gasteiger partial charge in [0.1, 0.15) is 0 Å². The average molecular weight is 379 g/mol. The molecular weight excluding hydrogens is 348 g/mol. The lowest BCUT2D eigenvalue weighted by molar-refractivity contribution is 0.0633. The smallest absolute Gasteiger partial charge is 0.410 e. The number of nitrogens with zero attached hydrogens (tertiary/aromatic N) is 2. The van der Waals surface area contributed by atoms with E-state index < -0.39 is 0 Å². The highest BCUT2D eigenvalue weighted by atomic mass is 32.2. The molecule has 2 heterocycles. The lowest BCUT2D eigenvalue weighted by Crippen LogP contribution is -2.40. The number of likely N-dealkylation sites (tertiary alicyclic amines) is 1. The molecule has 144 valence electrons. The van der Waals surface area contributed by atoms with E-state index in [2.05, 4.69) is 4.98 Å². The topological polar surface area (TPSA) is 51.7 Å². The number of ether oxygens (including phenoxy) is 2. The molecule has 0 N–H and O–H groups in total. The molecule has 2 unspecified atom stereocenters. The van der Waals surface area contributed by atoms with Crippen LogP contribution in [-0.4, -0.2) is 48.0 Å². The van der Waals surface area contributed by atoms with Crippen LogP contribution in [0.3, 0.4) is 0 Å². The Morgan fingerprint density at radius 2 is 2.12 bits per heavy atom. The number of rotatable bonds is 7. The third-order valence-corrected chi connectivity index (χ3v) is 6.11. The molecule has 1 saturated heterocycles. The van der Waals surface area contributed by atoms with Gasteiger partial charge in [-0.15, -0.1) is 11.8 Å². The molecule has 0 bridgehead atoms. The second kappa shape index (κ2) is 8.98. The van der Waals surface area contributed by atoms with Gasteiger partial charge in [0.25, 0.3) is 0 Å². The first-order chi connectivity index (χ1) is 12.6. The predicted molar refractivity (Wildman–Crippen MR) is 104 cm³/mol. The second-order valence-electron chi connectivity index (χ2n) is 7.59. The summed E-state index contributed by atoms with van der Waals surface area (Å²) in [5, 5.41) is 0. The van der Waals surface area contributed by atoms with Crippen molar-refractivity contribution in [2.24, 2.45) is 17.8 Å². The minimum Gasteiger partial charge on any atom is -0.478 e. The maximum atomic E-state index is 12.0. The molecule has 1 aliphatic carbocycles. The molecule has 5 nitrogen and oxygen atoms in total. The van der Waals surface area contributed by atoms with E-state index in [9.17, 15) is 4.79 Å². The zero-order valence-electron chi connectivity index (χ0n) is 16.0. The number of hydrogen-bond acceptors (Lipinski definition) is 5. The molecule has 0 radical (unpaired) electrons. The van der Waals surface area contributed by atoms with Gasteiger partial charge in [0.15, 0.2) is 0 Å². The van der Waals surface area contributed by atoms with Crippen LogP contribution in [0.15, 0.2) is 23.2 Å². The van der Waals surface area contributed by atoms with Crippen LogP contribution in [0.5, 0.6) is 5.88 Å². The summed E-state index contributed by atoms with van der Waals surface area (Å²) in [5.41, 5.74) is 0. The largest absolute Gasteiger partial charge is 0.478 e. The molecule has 0 spiro atoms. The van der Waals surface area contributed by atoms with Crippen LogP contribution >= 0.6 is 11.8 Å². The summed E-state index contributed by atoms with van der Waals surface area (Å²) in [6.45, 7) is 6.21. The predicted octanol–water partition coefficient (Wildman–Crippen LogP) is 4.47. The van der Waals surface area contributed by atoms with Gasteiger partial charge in [0, 0.05) is 30.2 Å². The SMILES string of the molecule is CSc1ccc(OCCC2CC2C2CCN(C(=O)OC(C)C)CC2)nc1. The Balaban J connectivity index is 1.33. The van der Waals surface area contributed by atoms with Crippen molar-refractivity contribution in [1.29, 1.82) is 0 Å². The molecule has 2 fully saturated rings. The molecule has 2 atom stereocenters. The van der Waals surface area contributed by atoms with E-state index in [1.165, 1.54) is 6.42 Å². The number of pyridine rings is 1. The summed E-state index contributed by atoms with van der Waals surface area (Å²) in [5.74, 6) is 3.06. The van der Waals surface area contributed by atoms with E-state index >= 15 is 0 Å². The minimum atomic E-state index is -0.154. The van der Waals surface area contributed by atoms with E-state index in [0.717, 1.165) is 67.5 Å². The Kier molecular flexibility index (Phi) is 6.68. The lowest BCUT2D eigenvalue weighted by atomic mass is 9.91. The molecular formula is C20H30N2O3S. The van der Waals surface area contributed by atoms with Gasteiger partial charge in [-0.1, -0.05) is 0 Å². The van der Waals surface area contributed by atoms with Crippen molar-refractivity contribution in [3.8, 4) is 5.88 Å². The molecule has 2 aliphatic rings. The summed E-state index contributed by atoms with van der Waals surface area (Å²) in [4.78, 5) is 19.3. The highest BCUT2D eigenvalue weighted by Gasteiger charge is 2.43. The van der Waals surface area contributed by atoms with Crippen molar-refractivity contribution in [2.75, 3.05) is 26.0 Å². The maximum absolute atomic E-state index is 12.0. The molecule has 0 aromatic carbocycles. The number of piperidine rings is 1. The fourth-order valence-electron chi connectivity index (χ4n) is 3.85. The van der Waals surface area contributed by atoms with E-state index in [4.69, 9.17) is 9.47 Å². The van der Waals surface area contributed by atoms with E-state index in [1.807, 2.05) is 43.3 Å². The molecule has 1 aromatic heterocycles. The molecule has 3 rings (SSSR count). The van der Waals surface area contributed by atoms with Crippen LogP contribution in [0.25, 0.3) is 0 Å². The fraction of sp³-hybridized carbons (Fsp3) is 0.700. The van der Waals surface area contributed by atoms with E-state index in [-0.39, 0.29) is 12.2 Å². The van der Waals surface area contributed by atoms with Crippen LogP contribution in [0.2, 0.25) is 0 Å². The first-order valence-electron chi connectivity index (χ1n) is 9.65. The molecule has 6 heteroatoms. The van der Waals surface area contributed by atoms with Crippen molar-refractivity contribution in [3.63, 3.8) is 0 Å². The van der Waals surface area contributed by atoms with Gasteiger partial charge < -0.3 is 14.4 Å². The van der Waals surface area contributed by atoms with Crippen molar-refractivity contribution in [1.82, 2.24) is 9.88 Å². The van der Waals surface area contributed by atoms with E-state index in [1.54, 1.807) is 11.8 Å². The second-order valence-corrected chi connectivity index (χ2v) is 8.47. The van der Waals surface area contributed by atoms with Crippen LogP contribution in [0.1, 0.15) is 39.5 Å². The summed E-state index contributed by atoms with van der Waals surface area (Å²) in [6, 6.07) is 3.99. The number of amides is 1. The molecule has 1 amide bonds. The number of aromatic nitrogens is 1. The quantitative estimate of drug-likeness (QED) is 0.656.